The van der Waals surface area contributed by atoms with Crippen molar-refractivity contribution in [2.75, 3.05) is 0 Å². The topological polar surface area (TPSA) is 44.1 Å². The van der Waals surface area contributed by atoms with Crippen molar-refractivity contribution in [1.29, 1.82) is 0 Å². The molecule has 4 rings (SSSR count). The van der Waals surface area contributed by atoms with Gasteiger partial charge in [0.1, 0.15) is 18.5 Å². The lowest BCUT2D eigenvalue weighted by Gasteiger charge is -2.26. The molecule has 0 bridgehead atoms. The number of carbonyl (C=O) groups excluding carboxylic acids is 1. The van der Waals surface area contributed by atoms with Crippen LogP contribution in [0, 0.1) is 12.8 Å². The monoisotopic (exact) mass is 406 g/mol. The Morgan fingerprint density at radius 1 is 1.10 bits per heavy atom. The summed E-state index contributed by atoms with van der Waals surface area (Å²) < 4.78 is 7.81. The Morgan fingerprint density at radius 2 is 1.80 bits per heavy atom. The van der Waals surface area contributed by atoms with E-state index in [0.29, 0.717) is 5.92 Å². The second-order valence-corrected chi connectivity index (χ2v) is 8.42. The molecule has 2 unspecified atom stereocenters. The van der Waals surface area contributed by atoms with Crippen LogP contribution in [0.1, 0.15) is 58.4 Å². The van der Waals surface area contributed by atoms with E-state index in [2.05, 4.69) is 39.8 Å². The SMILES string of the molecule is CCC.Cc1ccccc1-c1nc2ccccc2n1CC(=O)OC1CCCC(C)C1. The summed E-state index contributed by atoms with van der Waals surface area (Å²) in [7, 11) is 0. The summed E-state index contributed by atoms with van der Waals surface area (Å²) in [6.07, 6.45) is 5.63. The van der Waals surface area contributed by atoms with Gasteiger partial charge in [0.05, 0.1) is 11.0 Å². The third-order valence-corrected chi connectivity index (χ3v) is 5.51. The first-order valence-corrected chi connectivity index (χ1v) is 11.2. The molecule has 1 aromatic heterocycles. The molecule has 3 aromatic rings. The molecular formula is C26H34N2O2. The molecule has 30 heavy (non-hydrogen) atoms. The van der Waals surface area contributed by atoms with Gasteiger partial charge in [-0.25, -0.2) is 4.98 Å². The van der Waals surface area contributed by atoms with E-state index in [9.17, 15) is 4.79 Å². The molecule has 0 saturated heterocycles. The van der Waals surface area contributed by atoms with Crippen LogP contribution in [0.3, 0.4) is 0 Å². The fourth-order valence-corrected chi connectivity index (χ4v) is 4.10. The summed E-state index contributed by atoms with van der Waals surface area (Å²) in [5, 5.41) is 0. The summed E-state index contributed by atoms with van der Waals surface area (Å²) in [5.41, 5.74) is 4.05. The van der Waals surface area contributed by atoms with Gasteiger partial charge in [0.2, 0.25) is 0 Å². The average molecular weight is 407 g/mol. The zero-order valence-corrected chi connectivity index (χ0v) is 18.7. The van der Waals surface area contributed by atoms with Gasteiger partial charge in [-0.1, -0.05) is 70.0 Å². The molecule has 4 nitrogen and oxygen atoms in total. The van der Waals surface area contributed by atoms with Crippen molar-refractivity contribution >= 4 is 17.0 Å². The smallest absolute Gasteiger partial charge is 0.326 e. The van der Waals surface area contributed by atoms with Crippen molar-refractivity contribution in [3.63, 3.8) is 0 Å². The molecule has 0 spiro atoms. The molecule has 1 fully saturated rings. The van der Waals surface area contributed by atoms with E-state index in [1.165, 1.54) is 12.8 Å². The van der Waals surface area contributed by atoms with Crippen molar-refractivity contribution in [2.45, 2.75) is 72.4 Å². The number of imidazole rings is 1. The van der Waals surface area contributed by atoms with E-state index in [4.69, 9.17) is 9.72 Å². The molecule has 0 radical (unpaired) electrons. The minimum Gasteiger partial charge on any atom is -0.461 e. The minimum atomic E-state index is -0.174. The summed E-state index contributed by atoms with van der Waals surface area (Å²) >= 11 is 0. The highest BCUT2D eigenvalue weighted by molar-refractivity contribution is 5.83. The molecule has 1 aliphatic carbocycles. The Labute approximate surface area is 180 Å². The second-order valence-electron chi connectivity index (χ2n) is 8.42. The zero-order valence-electron chi connectivity index (χ0n) is 18.7. The molecule has 0 aliphatic heterocycles. The molecule has 2 atom stereocenters. The highest BCUT2D eigenvalue weighted by Gasteiger charge is 2.23. The lowest BCUT2D eigenvalue weighted by Crippen LogP contribution is -2.26. The molecule has 2 aromatic carbocycles. The number of hydrogen-bond acceptors (Lipinski definition) is 3. The Balaban J connectivity index is 0.000000806. The summed E-state index contributed by atoms with van der Waals surface area (Å²) in [6, 6.07) is 16.1. The Hall–Kier alpha value is -2.62. The number of benzene rings is 2. The highest BCUT2D eigenvalue weighted by atomic mass is 16.5. The van der Waals surface area contributed by atoms with Crippen molar-refractivity contribution < 1.29 is 9.53 Å². The number of ether oxygens (including phenoxy) is 1. The van der Waals surface area contributed by atoms with E-state index in [1.54, 1.807) is 0 Å². The molecule has 4 heteroatoms. The maximum Gasteiger partial charge on any atom is 0.326 e. The van der Waals surface area contributed by atoms with Crippen molar-refractivity contribution in [1.82, 2.24) is 9.55 Å². The van der Waals surface area contributed by atoms with Crippen LogP contribution in [0.5, 0.6) is 0 Å². The van der Waals surface area contributed by atoms with Gasteiger partial charge in [-0.05, 0) is 49.8 Å². The fourth-order valence-electron chi connectivity index (χ4n) is 4.10. The largest absolute Gasteiger partial charge is 0.461 e. The van der Waals surface area contributed by atoms with Gasteiger partial charge in [-0.15, -0.1) is 0 Å². The molecule has 1 aliphatic rings. The van der Waals surface area contributed by atoms with E-state index >= 15 is 0 Å². The van der Waals surface area contributed by atoms with Crippen LogP contribution in [-0.2, 0) is 16.1 Å². The van der Waals surface area contributed by atoms with Crippen molar-refractivity contribution in [2.24, 2.45) is 5.92 Å². The maximum atomic E-state index is 12.7. The van der Waals surface area contributed by atoms with Gasteiger partial charge in [-0.3, -0.25) is 4.79 Å². The predicted octanol–water partition coefficient (Wildman–Crippen LogP) is 6.55. The van der Waals surface area contributed by atoms with Crippen LogP contribution >= 0.6 is 0 Å². The van der Waals surface area contributed by atoms with Crippen molar-refractivity contribution in [3.8, 4) is 11.4 Å². The first-order valence-electron chi connectivity index (χ1n) is 11.2. The van der Waals surface area contributed by atoms with E-state index in [-0.39, 0.29) is 18.6 Å². The highest BCUT2D eigenvalue weighted by Crippen LogP contribution is 2.29. The number of aromatic nitrogens is 2. The Morgan fingerprint density at radius 3 is 2.53 bits per heavy atom. The van der Waals surface area contributed by atoms with E-state index in [0.717, 1.165) is 47.2 Å². The molecular weight excluding hydrogens is 372 g/mol. The van der Waals surface area contributed by atoms with Gasteiger partial charge in [-0.2, -0.15) is 0 Å². The van der Waals surface area contributed by atoms with Gasteiger partial charge in [0.25, 0.3) is 0 Å². The van der Waals surface area contributed by atoms with Crippen LogP contribution in [-0.4, -0.2) is 21.6 Å². The van der Waals surface area contributed by atoms with Gasteiger partial charge in [0, 0.05) is 5.56 Å². The van der Waals surface area contributed by atoms with Crippen LogP contribution < -0.4 is 0 Å². The number of carbonyl (C=O) groups is 1. The minimum absolute atomic E-state index is 0.0537. The Kier molecular flexibility index (Phi) is 7.67. The van der Waals surface area contributed by atoms with Gasteiger partial charge >= 0.3 is 5.97 Å². The molecule has 1 saturated carbocycles. The third kappa shape index (κ3) is 5.29. The summed E-state index contributed by atoms with van der Waals surface area (Å²) in [4.78, 5) is 17.5. The number of para-hydroxylation sites is 2. The lowest BCUT2D eigenvalue weighted by atomic mass is 9.89. The molecule has 1 heterocycles. The summed E-state index contributed by atoms with van der Waals surface area (Å²) in [6.45, 7) is 8.75. The quantitative estimate of drug-likeness (QED) is 0.461. The van der Waals surface area contributed by atoms with Crippen LogP contribution in [0.15, 0.2) is 48.5 Å². The lowest BCUT2D eigenvalue weighted by molar-refractivity contribution is -0.151. The Bertz CT molecular complexity index is 976. The average Bonchev–Trinajstić information content (AvgIpc) is 3.07. The van der Waals surface area contributed by atoms with E-state index < -0.39 is 0 Å². The van der Waals surface area contributed by atoms with Crippen LogP contribution in [0.2, 0.25) is 0 Å². The molecule has 160 valence electrons. The van der Waals surface area contributed by atoms with Crippen LogP contribution in [0.4, 0.5) is 0 Å². The predicted molar refractivity (Wildman–Crippen MR) is 123 cm³/mol. The first-order chi connectivity index (χ1) is 14.5. The number of fused-ring (bicyclic) bond motifs is 1. The number of esters is 1. The van der Waals surface area contributed by atoms with Gasteiger partial charge in [0.15, 0.2) is 0 Å². The zero-order chi connectivity index (χ0) is 21.5. The number of nitrogens with zero attached hydrogens (tertiary/aromatic N) is 2. The maximum absolute atomic E-state index is 12.7. The van der Waals surface area contributed by atoms with Gasteiger partial charge < -0.3 is 9.30 Å². The number of hydrogen-bond donors (Lipinski definition) is 0. The van der Waals surface area contributed by atoms with Crippen molar-refractivity contribution in [3.05, 3.63) is 54.1 Å². The van der Waals surface area contributed by atoms with Crippen LogP contribution in [0.25, 0.3) is 22.4 Å². The standard InChI is InChI=1S/C23H26N2O2.C3H8/c1-16-8-7-10-18(14-16)27-22(26)15-25-21-13-6-5-12-20(21)24-23(25)19-11-4-3-9-17(19)2;1-3-2/h3-6,9,11-13,16,18H,7-8,10,14-15H2,1-2H3;3H2,1-2H3. The molecule has 0 N–H and O–H groups in total. The summed E-state index contributed by atoms with van der Waals surface area (Å²) in [5.74, 6) is 1.28. The number of aryl methyl sites for hydroxylation is 1. The number of rotatable bonds is 4. The van der Waals surface area contributed by atoms with E-state index in [1.807, 2.05) is 41.0 Å². The third-order valence-electron chi connectivity index (χ3n) is 5.51. The fraction of sp³-hybridized carbons (Fsp3) is 0.462. The normalized spacial score (nSPS) is 18.5. The first kappa shape index (κ1) is 22.1. The molecule has 0 amide bonds. The second kappa shape index (κ2) is 10.4.